The molecule has 1 amide bonds. The van der Waals surface area contributed by atoms with Gasteiger partial charge in [0.05, 0.1) is 12.2 Å². The maximum atomic E-state index is 12.3. The van der Waals surface area contributed by atoms with Crippen molar-refractivity contribution in [3.8, 4) is 17.0 Å². The number of rotatable bonds is 7. The molecule has 3 aromatic rings. The molecule has 3 N–H and O–H groups in total. The minimum absolute atomic E-state index is 0.225. The first kappa shape index (κ1) is 19.9. The Bertz CT molecular complexity index is 943. The number of thiazole rings is 1. The number of carbonyl (C=O) groups is 1. The molecule has 0 aliphatic heterocycles. The fraction of sp³-hybridized carbons (Fsp3) is 0.150. The lowest BCUT2D eigenvalue weighted by molar-refractivity contribution is 0.0932. The van der Waals surface area contributed by atoms with Gasteiger partial charge in [-0.25, -0.2) is 4.98 Å². The smallest absolute Gasteiger partial charge is 0.280 e. The van der Waals surface area contributed by atoms with Gasteiger partial charge in [-0.2, -0.15) is 0 Å². The molecule has 0 bridgehead atoms. The van der Waals surface area contributed by atoms with E-state index in [1.165, 1.54) is 11.3 Å². The predicted molar refractivity (Wildman–Crippen MR) is 113 cm³/mol. The highest BCUT2D eigenvalue weighted by atomic mass is 32.1. The molecule has 8 heteroatoms. The molecule has 0 unspecified atom stereocenters. The third-order valence-corrected chi connectivity index (χ3v) is 5.04. The standard InChI is InChI=1S/C20H19N3O3S2/c1-13(26-16-9-7-15(8-10-16)19(27)23-25)11-21-18(24)20-22-17(12-28-20)14-5-3-2-4-6-14/h2-10,12-13,25H,11H2,1H3,(H,21,24)(H,23,27)/t13-/m0/s1. The van der Waals surface area contributed by atoms with Crippen LogP contribution < -0.4 is 15.5 Å². The summed E-state index contributed by atoms with van der Waals surface area (Å²) >= 11 is 6.26. The first-order valence-corrected chi connectivity index (χ1v) is 9.86. The second-order valence-corrected chi connectivity index (χ2v) is 7.27. The van der Waals surface area contributed by atoms with Crippen molar-refractivity contribution in [1.29, 1.82) is 0 Å². The molecule has 28 heavy (non-hydrogen) atoms. The highest BCUT2D eigenvalue weighted by Gasteiger charge is 2.14. The van der Waals surface area contributed by atoms with Gasteiger partial charge in [0.2, 0.25) is 0 Å². The molecule has 0 radical (unpaired) electrons. The molecule has 1 heterocycles. The fourth-order valence-corrected chi connectivity index (χ4v) is 3.33. The lowest BCUT2D eigenvalue weighted by atomic mass is 10.2. The molecule has 2 aromatic carbocycles. The molecule has 0 aliphatic rings. The highest BCUT2D eigenvalue weighted by molar-refractivity contribution is 7.80. The summed E-state index contributed by atoms with van der Waals surface area (Å²) in [5.74, 6) is 0.421. The quantitative estimate of drug-likeness (QED) is 0.405. The van der Waals surface area contributed by atoms with E-state index in [1.54, 1.807) is 24.3 Å². The summed E-state index contributed by atoms with van der Waals surface area (Å²) in [7, 11) is 0. The van der Waals surface area contributed by atoms with E-state index < -0.39 is 0 Å². The van der Waals surface area contributed by atoms with Crippen molar-refractivity contribution in [3.63, 3.8) is 0 Å². The Morgan fingerprint density at radius 1 is 1.21 bits per heavy atom. The zero-order valence-corrected chi connectivity index (χ0v) is 16.7. The van der Waals surface area contributed by atoms with Crippen LogP contribution in [0.15, 0.2) is 60.0 Å². The van der Waals surface area contributed by atoms with E-state index in [-0.39, 0.29) is 17.0 Å². The number of thiocarbonyl (C=S) groups is 1. The first-order chi connectivity index (χ1) is 13.6. The molecule has 1 aromatic heterocycles. The number of hydrogen-bond donors (Lipinski definition) is 3. The minimum Gasteiger partial charge on any atom is -0.489 e. The van der Waals surface area contributed by atoms with Crippen LogP contribution in [0.3, 0.4) is 0 Å². The summed E-state index contributed by atoms with van der Waals surface area (Å²) in [6.07, 6.45) is -0.230. The maximum absolute atomic E-state index is 12.3. The Morgan fingerprint density at radius 3 is 2.61 bits per heavy atom. The van der Waals surface area contributed by atoms with E-state index in [1.807, 2.05) is 48.1 Å². The Hall–Kier alpha value is -2.81. The number of hydrogen-bond acceptors (Lipinski definition) is 6. The number of amides is 1. The van der Waals surface area contributed by atoms with Crippen LogP contribution in [0.2, 0.25) is 0 Å². The van der Waals surface area contributed by atoms with Gasteiger partial charge in [0.1, 0.15) is 16.8 Å². The summed E-state index contributed by atoms with van der Waals surface area (Å²) < 4.78 is 5.79. The molecule has 0 aliphatic carbocycles. The Morgan fingerprint density at radius 2 is 1.93 bits per heavy atom. The number of nitrogens with one attached hydrogen (secondary N) is 2. The molecule has 0 fully saturated rings. The molecule has 0 saturated heterocycles. The summed E-state index contributed by atoms with van der Waals surface area (Å²) in [4.78, 5) is 17.0. The van der Waals surface area contributed by atoms with E-state index in [4.69, 9.17) is 22.2 Å². The SMILES string of the molecule is C[C@@H](CNC(=O)c1nc(-c2ccccc2)cs1)Oc1ccc(C(=S)NO)cc1. The van der Waals surface area contributed by atoms with Crippen molar-refractivity contribution < 1.29 is 14.7 Å². The molecular formula is C20H19N3O3S2. The zero-order valence-electron chi connectivity index (χ0n) is 15.1. The van der Waals surface area contributed by atoms with Gasteiger partial charge >= 0.3 is 0 Å². The summed E-state index contributed by atoms with van der Waals surface area (Å²) in [6, 6.07) is 16.7. The number of hydroxylamine groups is 1. The van der Waals surface area contributed by atoms with Crippen molar-refractivity contribution in [3.05, 3.63) is 70.5 Å². The van der Waals surface area contributed by atoms with Gasteiger partial charge in [-0.1, -0.05) is 42.5 Å². The minimum atomic E-state index is -0.230. The summed E-state index contributed by atoms with van der Waals surface area (Å²) in [5.41, 5.74) is 4.39. The van der Waals surface area contributed by atoms with Crippen molar-refractivity contribution in [1.82, 2.24) is 15.8 Å². The second kappa shape index (κ2) is 9.41. The van der Waals surface area contributed by atoms with Crippen molar-refractivity contribution in [2.24, 2.45) is 0 Å². The fourth-order valence-electron chi connectivity index (χ4n) is 2.45. The molecule has 3 rings (SSSR count). The highest BCUT2D eigenvalue weighted by Crippen LogP contribution is 2.21. The van der Waals surface area contributed by atoms with Crippen LogP contribution in [0.5, 0.6) is 5.75 Å². The number of nitrogens with zero attached hydrogens (tertiary/aromatic N) is 1. The first-order valence-electron chi connectivity index (χ1n) is 8.57. The van der Waals surface area contributed by atoms with Gasteiger partial charge < -0.3 is 10.1 Å². The largest absolute Gasteiger partial charge is 0.489 e. The van der Waals surface area contributed by atoms with Crippen LogP contribution in [0.1, 0.15) is 22.3 Å². The van der Waals surface area contributed by atoms with Gasteiger partial charge in [0.15, 0.2) is 5.01 Å². The average molecular weight is 414 g/mol. The molecule has 0 spiro atoms. The number of aromatic nitrogens is 1. The van der Waals surface area contributed by atoms with Crippen LogP contribution in [-0.2, 0) is 0 Å². The Labute approximate surface area is 172 Å². The van der Waals surface area contributed by atoms with E-state index in [0.29, 0.717) is 22.9 Å². The average Bonchev–Trinajstić information content (AvgIpc) is 3.23. The molecule has 1 atom stereocenters. The van der Waals surface area contributed by atoms with Crippen molar-refractivity contribution in [2.75, 3.05) is 6.54 Å². The van der Waals surface area contributed by atoms with Crippen molar-refractivity contribution >= 4 is 34.5 Å². The lowest BCUT2D eigenvalue weighted by Gasteiger charge is -2.15. The van der Waals surface area contributed by atoms with Gasteiger partial charge in [-0.15, -0.1) is 11.3 Å². The van der Waals surface area contributed by atoms with Crippen molar-refractivity contribution in [2.45, 2.75) is 13.0 Å². The van der Waals surface area contributed by atoms with Gasteiger partial charge in [-0.05, 0) is 31.2 Å². The van der Waals surface area contributed by atoms with Crippen LogP contribution in [0.4, 0.5) is 0 Å². The number of carbonyl (C=O) groups excluding carboxylic acids is 1. The molecule has 0 saturated carbocycles. The molecule has 6 nitrogen and oxygen atoms in total. The molecular weight excluding hydrogens is 394 g/mol. The Balaban J connectivity index is 1.52. The van der Waals surface area contributed by atoms with E-state index in [0.717, 1.165) is 11.3 Å². The summed E-state index contributed by atoms with van der Waals surface area (Å²) in [6.45, 7) is 2.21. The third kappa shape index (κ3) is 5.13. The van der Waals surface area contributed by atoms with Crippen LogP contribution in [0, 0.1) is 0 Å². The monoisotopic (exact) mass is 413 g/mol. The van der Waals surface area contributed by atoms with E-state index in [9.17, 15) is 4.79 Å². The number of ether oxygens (including phenoxy) is 1. The third-order valence-electron chi connectivity index (χ3n) is 3.87. The van der Waals surface area contributed by atoms with Crippen LogP contribution >= 0.6 is 23.6 Å². The maximum Gasteiger partial charge on any atom is 0.280 e. The Kier molecular flexibility index (Phi) is 6.70. The zero-order chi connectivity index (χ0) is 19.9. The van der Waals surface area contributed by atoms with Gasteiger partial charge in [0, 0.05) is 16.5 Å². The number of benzene rings is 2. The molecule has 144 valence electrons. The van der Waals surface area contributed by atoms with Crippen LogP contribution in [-0.4, -0.2) is 33.7 Å². The predicted octanol–water partition coefficient (Wildman–Crippen LogP) is 3.66. The summed E-state index contributed by atoms with van der Waals surface area (Å²) in [5, 5.41) is 14.0. The topological polar surface area (TPSA) is 83.5 Å². The van der Waals surface area contributed by atoms with E-state index >= 15 is 0 Å². The van der Waals surface area contributed by atoms with E-state index in [2.05, 4.69) is 10.3 Å². The second-order valence-electron chi connectivity index (χ2n) is 6.01. The van der Waals surface area contributed by atoms with Gasteiger partial charge in [-0.3, -0.25) is 15.5 Å². The van der Waals surface area contributed by atoms with Crippen LogP contribution in [0.25, 0.3) is 11.3 Å². The van der Waals surface area contributed by atoms with Gasteiger partial charge in [0.25, 0.3) is 5.91 Å². The normalized spacial score (nSPS) is 11.5. The lowest BCUT2D eigenvalue weighted by Crippen LogP contribution is -2.33.